The molecule has 0 saturated carbocycles. The van der Waals surface area contributed by atoms with Gasteiger partial charge in [-0.1, -0.05) is 0 Å². The summed E-state index contributed by atoms with van der Waals surface area (Å²) in [5.41, 5.74) is 0.387. The summed E-state index contributed by atoms with van der Waals surface area (Å²) >= 11 is 0. The van der Waals surface area contributed by atoms with Crippen LogP contribution in [0.1, 0.15) is 0 Å². The highest BCUT2D eigenvalue weighted by Gasteiger charge is 2.39. The van der Waals surface area contributed by atoms with Crippen molar-refractivity contribution < 1.29 is 26.3 Å². The van der Waals surface area contributed by atoms with Crippen molar-refractivity contribution in [3.05, 3.63) is 0 Å². The van der Waals surface area contributed by atoms with Gasteiger partial charge < -0.3 is 21.9 Å². The first-order valence-corrected chi connectivity index (χ1v) is 12.4. The van der Waals surface area contributed by atoms with Crippen molar-refractivity contribution in [2.45, 2.75) is 25.3 Å². The van der Waals surface area contributed by atoms with E-state index >= 15 is 0 Å². The van der Waals surface area contributed by atoms with Gasteiger partial charge in [0, 0.05) is 19.9 Å². The van der Waals surface area contributed by atoms with E-state index in [0.29, 0.717) is 5.67 Å². The van der Waals surface area contributed by atoms with Gasteiger partial charge in [0.1, 0.15) is 0 Å². The molecule has 2 radical (unpaired) electrons. The second-order valence-electron chi connectivity index (χ2n) is 3.73. The van der Waals surface area contributed by atoms with Gasteiger partial charge in [-0.15, -0.1) is 0 Å². The Bertz CT molecular complexity index is 237. The average Bonchev–Trinajstić information content (AvgIpc) is 2.17. The van der Waals surface area contributed by atoms with Gasteiger partial charge in [-0.25, -0.2) is 0 Å². The van der Waals surface area contributed by atoms with E-state index in [1.807, 2.05) is 0 Å². The van der Waals surface area contributed by atoms with E-state index in [0.717, 1.165) is 0 Å². The van der Waals surface area contributed by atoms with Crippen molar-refractivity contribution in [2.75, 3.05) is 14.2 Å². The lowest BCUT2D eigenvalue weighted by atomic mass is 11.8. The summed E-state index contributed by atoms with van der Waals surface area (Å²) in [4.78, 5) is 8.88. The Morgan fingerprint density at radius 2 is 1.75 bits per heavy atom. The molecule has 6 nitrogen and oxygen atoms in total. The zero-order valence-electron chi connectivity index (χ0n) is 10.2. The summed E-state index contributed by atoms with van der Waals surface area (Å²) in [5, 5.41) is 0. The molecule has 0 amide bonds. The lowest BCUT2D eigenvalue weighted by Crippen LogP contribution is -2.46. The Kier molecular flexibility index (Phi) is 6.84. The fraction of sp³-hybridized carbons (Fsp3) is 1.00. The molecule has 0 heterocycles. The highest BCUT2D eigenvalue weighted by molar-refractivity contribution is 6.78. The van der Waals surface area contributed by atoms with E-state index < -0.39 is 26.3 Å². The van der Waals surface area contributed by atoms with Crippen molar-refractivity contribution in [3.8, 4) is 0 Å². The van der Waals surface area contributed by atoms with Crippen LogP contribution in [-0.2, 0) is 21.5 Å². The molecular weight excluding hydrogens is 280 g/mol. The molecule has 0 spiro atoms. The molecule has 0 rings (SSSR count). The van der Waals surface area contributed by atoms with Crippen LogP contribution in [0.2, 0.25) is 25.3 Å². The number of hydrogen-bond acceptors (Lipinski definition) is 6. The maximum Gasteiger partial charge on any atom is 0.739 e. The second-order valence-corrected chi connectivity index (χ2v) is 13.5. The third-order valence-corrected chi connectivity index (χ3v) is 12.0. The number of hydrogen-bond donors (Lipinski definition) is 1. The van der Waals surface area contributed by atoms with Crippen LogP contribution >= 0.6 is 0 Å². The minimum Gasteiger partial charge on any atom is -0.531 e. The Hall–Kier alpha value is 0.148. The van der Waals surface area contributed by atoms with E-state index in [2.05, 4.69) is 0 Å². The maximum atomic E-state index is 11.6. The van der Waals surface area contributed by atoms with Gasteiger partial charge in [-0.05, 0) is 19.6 Å². The summed E-state index contributed by atoms with van der Waals surface area (Å²) in [7, 11) is -4.84. The lowest BCUT2D eigenvalue weighted by molar-refractivity contribution is 0.234. The molecular formula is C6H18O6Si4. The predicted octanol–water partition coefficient (Wildman–Crippen LogP) is 0.0706. The lowest BCUT2D eigenvalue weighted by Gasteiger charge is -2.26. The van der Waals surface area contributed by atoms with Crippen molar-refractivity contribution in [2.24, 2.45) is 0 Å². The molecule has 1 N–H and O–H groups in total. The summed E-state index contributed by atoms with van der Waals surface area (Å²) < 4.78 is 32.5. The first kappa shape index (κ1) is 16.1. The first-order chi connectivity index (χ1) is 7.28. The van der Waals surface area contributed by atoms with Crippen molar-refractivity contribution in [3.63, 3.8) is 0 Å². The van der Waals surface area contributed by atoms with Gasteiger partial charge in [-0.3, -0.25) is 4.46 Å². The third-order valence-electron chi connectivity index (χ3n) is 1.95. The third kappa shape index (κ3) is 6.02. The second kappa shape index (κ2) is 6.78. The molecule has 0 aliphatic carbocycles. The summed E-state index contributed by atoms with van der Waals surface area (Å²) in [6.45, 7) is 5.29. The molecule has 94 valence electrons. The zero-order chi connectivity index (χ0) is 12.8. The van der Waals surface area contributed by atoms with Gasteiger partial charge in [0.15, 0.2) is 0 Å². The van der Waals surface area contributed by atoms with Gasteiger partial charge in [0.2, 0.25) is 9.76 Å². The Morgan fingerprint density at radius 3 is 2.12 bits per heavy atom. The molecule has 0 bridgehead atoms. The normalized spacial score (nSPS) is 15.4. The van der Waals surface area contributed by atoms with Crippen molar-refractivity contribution in [1.82, 2.24) is 0 Å². The van der Waals surface area contributed by atoms with Crippen LogP contribution in [0.4, 0.5) is 0 Å². The van der Waals surface area contributed by atoms with E-state index in [1.165, 1.54) is 14.2 Å². The number of rotatable bonds is 8. The Morgan fingerprint density at radius 1 is 1.19 bits per heavy atom. The van der Waals surface area contributed by atoms with E-state index in [9.17, 15) is 4.46 Å². The summed E-state index contributed by atoms with van der Waals surface area (Å²) in [6, 6.07) is 0. The highest BCUT2D eigenvalue weighted by Crippen LogP contribution is 2.13. The van der Waals surface area contributed by atoms with Gasteiger partial charge >= 0.3 is 26.3 Å². The highest BCUT2D eigenvalue weighted by atomic mass is 28.5. The predicted molar refractivity (Wildman–Crippen MR) is 64.5 cm³/mol. The minimum atomic E-state index is -2.63. The van der Waals surface area contributed by atoms with E-state index in [-0.39, 0.29) is 9.76 Å². The van der Waals surface area contributed by atoms with Gasteiger partial charge in [-0.2, -0.15) is 0 Å². The standard InChI is InChI=1S/C6H18O6Si4/c1-9-15(3,4)11-14(8)12-16(5,10-2)6-13-7/h7H,6H2,1-5H3. The zero-order valence-corrected chi connectivity index (χ0v) is 14.2. The van der Waals surface area contributed by atoms with Crippen LogP contribution in [-0.4, -0.2) is 55.1 Å². The maximum absolute atomic E-state index is 11.6. The molecule has 1 unspecified atom stereocenters. The molecule has 0 saturated heterocycles. The fourth-order valence-electron chi connectivity index (χ4n) is 0.733. The molecule has 0 aliphatic heterocycles. The van der Waals surface area contributed by atoms with E-state index in [1.54, 1.807) is 19.6 Å². The molecule has 1 atom stereocenters. The SMILES string of the molecule is CO[Si](C)(C)O[Si](=O)O[Si](C)(C[Si]O)OC. The Labute approximate surface area is 102 Å². The van der Waals surface area contributed by atoms with Crippen LogP contribution in [0.25, 0.3) is 0 Å². The molecule has 16 heavy (non-hydrogen) atoms. The molecule has 0 fully saturated rings. The molecule has 0 aromatic heterocycles. The van der Waals surface area contributed by atoms with Crippen LogP contribution < -0.4 is 0 Å². The average molecular weight is 299 g/mol. The van der Waals surface area contributed by atoms with Gasteiger partial charge in [0.05, 0.1) is 0 Å². The van der Waals surface area contributed by atoms with Crippen molar-refractivity contribution >= 4 is 36.1 Å². The largest absolute Gasteiger partial charge is 0.739 e. The topological polar surface area (TPSA) is 74.2 Å². The van der Waals surface area contributed by atoms with Crippen LogP contribution in [0, 0.1) is 0 Å². The van der Waals surface area contributed by atoms with Crippen LogP contribution in [0.15, 0.2) is 0 Å². The molecule has 10 heteroatoms. The molecule has 0 aromatic carbocycles. The molecule has 0 aliphatic rings. The van der Waals surface area contributed by atoms with Crippen LogP contribution in [0.3, 0.4) is 0 Å². The first-order valence-electron chi connectivity index (χ1n) is 4.68. The fourth-order valence-corrected chi connectivity index (χ4v) is 7.62. The summed E-state index contributed by atoms with van der Waals surface area (Å²) in [5.74, 6) is 0. The summed E-state index contributed by atoms with van der Waals surface area (Å²) in [6.07, 6.45) is 0. The Balaban J connectivity index is 4.32. The van der Waals surface area contributed by atoms with Crippen molar-refractivity contribution in [1.29, 1.82) is 0 Å². The quantitative estimate of drug-likeness (QED) is 0.639. The minimum absolute atomic E-state index is 0.282. The monoisotopic (exact) mass is 298 g/mol. The van der Waals surface area contributed by atoms with Gasteiger partial charge in [0.25, 0.3) is 0 Å². The van der Waals surface area contributed by atoms with E-state index in [4.69, 9.17) is 21.9 Å². The molecule has 0 aromatic rings. The van der Waals surface area contributed by atoms with Crippen LogP contribution in [0.5, 0.6) is 0 Å². The smallest absolute Gasteiger partial charge is 0.531 e.